The molecule has 0 aromatic carbocycles. The molecule has 2 heterocycles. The van der Waals surface area contributed by atoms with Gasteiger partial charge < -0.3 is 50.6 Å². The van der Waals surface area contributed by atoms with Crippen molar-refractivity contribution in [3.05, 3.63) is 0 Å². The van der Waals surface area contributed by atoms with Crippen LogP contribution >= 0.6 is 0 Å². The predicted molar refractivity (Wildman–Crippen MR) is 102 cm³/mol. The van der Waals surface area contributed by atoms with E-state index in [2.05, 4.69) is 16.0 Å². The Kier molecular flexibility index (Phi) is 8.71. The van der Waals surface area contributed by atoms with Crippen LogP contribution in [0, 0.1) is 0 Å². The lowest BCUT2D eigenvalue weighted by atomic mass is 9.93. The van der Waals surface area contributed by atoms with Crippen molar-refractivity contribution >= 4 is 17.7 Å². The van der Waals surface area contributed by atoms with E-state index in [0.29, 0.717) is 0 Å². The van der Waals surface area contributed by atoms with Crippen LogP contribution in [0.5, 0.6) is 0 Å². The number of aliphatic hydroxyl groups excluding tert-OH is 4. The molecule has 2 fully saturated rings. The minimum absolute atomic E-state index is 0.432. The van der Waals surface area contributed by atoms with E-state index in [4.69, 9.17) is 14.2 Å². The van der Waals surface area contributed by atoms with Gasteiger partial charge in [0, 0.05) is 20.8 Å². The normalized spacial score (nSPS) is 40.6. The summed E-state index contributed by atoms with van der Waals surface area (Å²) in [5, 5.41) is 48.1. The standard InChI is InChI=1S/C18H31N3O10/c1-6-11(19-7(2)23)16(13(17(28)29-6)21-9(4)25)31-18-12(20-8(3)24)15(27)14(26)10(5-22)30-18/h6,10-18,22,26-28H,5H2,1-4H3,(H,19,23)(H,20,24)(H,21,25)/t6-,10-,11-,12-,13-,14+,15-,16+,17+,18-/m1/s1. The van der Waals surface area contributed by atoms with Crippen molar-refractivity contribution in [1.29, 1.82) is 0 Å². The summed E-state index contributed by atoms with van der Waals surface area (Å²) in [6, 6.07) is -3.26. The van der Waals surface area contributed by atoms with E-state index in [-0.39, 0.29) is 0 Å². The minimum Gasteiger partial charge on any atom is -0.394 e. The molecule has 0 bridgehead atoms. The molecule has 178 valence electrons. The van der Waals surface area contributed by atoms with Crippen LogP contribution in [0.4, 0.5) is 0 Å². The summed E-state index contributed by atoms with van der Waals surface area (Å²) in [6.45, 7) is 4.60. The number of amides is 3. The first-order valence-electron chi connectivity index (χ1n) is 9.89. The SMILES string of the molecule is CC(=O)N[C@@H]1[C@@H](O[C@H]2O[C@H](CO)[C@H](O)[C@H](O)[C@H]2NC(C)=O)[C@H](NC(C)=O)[C@@H](C)O[C@@H]1O. The van der Waals surface area contributed by atoms with Gasteiger partial charge in [-0.05, 0) is 6.92 Å². The lowest BCUT2D eigenvalue weighted by molar-refractivity contribution is -0.307. The largest absolute Gasteiger partial charge is 0.394 e. The highest BCUT2D eigenvalue weighted by atomic mass is 16.7. The maximum atomic E-state index is 11.7. The Morgan fingerprint density at radius 1 is 0.839 bits per heavy atom. The fourth-order valence-electron chi connectivity index (χ4n) is 3.78. The maximum absolute atomic E-state index is 11.7. The highest BCUT2D eigenvalue weighted by Crippen LogP contribution is 2.28. The van der Waals surface area contributed by atoms with E-state index in [1.165, 1.54) is 20.8 Å². The van der Waals surface area contributed by atoms with Crippen molar-refractivity contribution in [3.63, 3.8) is 0 Å². The molecule has 3 amide bonds. The average molecular weight is 449 g/mol. The molecule has 0 aliphatic carbocycles. The quantitative estimate of drug-likeness (QED) is 0.210. The van der Waals surface area contributed by atoms with Gasteiger partial charge in [0.05, 0.1) is 18.8 Å². The van der Waals surface area contributed by atoms with Crippen LogP contribution in [0.2, 0.25) is 0 Å². The summed E-state index contributed by atoms with van der Waals surface area (Å²) in [6.07, 6.45) is -9.09. The lowest BCUT2D eigenvalue weighted by Crippen LogP contribution is -2.71. The van der Waals surface area contributed by atoms with E-state index in [9.17, 15) is 34.8 Å². The van der Waals surface area contributed by atoms with Gasteiger partial charge in [-0.2, -0.15) is 0 Å². The van der Waals surface area contributed by atoms with Crippen LogP contribution in [-0.4, -0.2) is 106 Å². The van der Waals surface area contributed by atoms with E-state index in [1.54, 1.807) is 6.92 Å². The minimum atomic E-state index is -1.56. The number of nitrogens with one attached hydrogen (secondary N) is 3. The second-order valence-corrected chi connectivity index (χ2v) is 7.72. The van der Waals surface area contributed by atoms with Gasteiger partial charge in [0.25, 0.3) is 0 Å². The summed E-state index contributed by atoms with van der Waals surface area (Å²) in [4.78, 5) is 35.1. The van der Waals surface area contributed by atoms with Crippen LogP contribution in [0.25, 0.3) is 0 Å². The Labute approximate surface area is 179 Å². The Morgan fingerprint density at radius 3 is 1.87 bits per heavy atom. The van der Waals surface area contributed by atoms with Gasteiger partial charge in [-0.1, -0.05) is 0 Å². The van der Waals surface area contributed by atoms with Gasteiger partial charge in [-0.3, -0.25) is 14.4 Å². The highest BCUT2D eigenvalue weighted by Gasteiger charge is 2.51. The average Bonchev–Trinajstić information content (AvgIpc) is 2.66. The fraction of sp³-hybridized carbons (Fsp3) is 0.833. The van der Waals surface area contributed by atoms with Gasteiger partial charge >= 0.3 is 0 Å². The van der Waals surface area contributed by atoms with Crippen molar-refractivity contribution in [3.8, 4) is 0 Å². The monoisotopic (exact) mass is 449 g/mol. The molecule has 2 saturated heterocycles. The molecular weight excluding hydrogens is 418 g/mol. The molecule has 2 aliphatic heterocycles. The lowest BCUT2D eigenvalue weighted by Gasteiger charge is -2.48. The van der Waals surface area contributed by atoms with Gasteiger partial charge in [-0.15, -0.1) is 0 Å². The van der Waals surface area contributed by atoms with Crippen LogP contribution in [-0.2, 0) is 28.6 Å². The Bertz CT molecular complexity index is 636. The van der Waals surface area contributed by atoms with Crippen molar-refractivity contribution in [2.24, 2.45) is 0 Å². The first kappa shape index (κ1) is 25.4. The second-order valence-electron chi connectivity index (χ2n) is 7.72. The van der Waals surface area contributed by atoms with Crippen molar-refractivity contribution in [2.75, 3.05) is 6.61 Å². The molecule has 0 saturated carbocycles. The summed E-state index contributed by atoms with van der Waals surface area (Å²) in [5.74, 6) is -1.49. The molecule has 0 spiro atoms. The predicted octanol–water partition coefficient (Wildman–Crippen LogP) is -3.94. The van der Waals surface area contributed by atoms with E-state index < -0.39 is 85.6 Å². The number of carbonyl (C=O) groups excluding carboxylic acids is 3. The van der Waals surface area contributed by atoms with E-state index >= 15 is 0 Å². The van der Waals surface area contributed by atoms with Gasteiger partial charge in [0.15, 0.2) is 12.6 Å². The first-order chi connectivity index (χ1) is 14.5. The molecule has 2 aliphatic rings. The van der Waals surface area contributed by atoms with Crippen LogP contribution < -0.4 is 16.0 Å². The molecule has 0 radical (unpaired) electrons. The van der Waals surface area contributed by atoms with Gasteiger partial charge in [-0.25, -0.2) is 0 Å². The van der Waals surface area contributed by atoms with E-state index in [0.717, 1.165) is 0 Å². The van der Waals surface area contributed by atoms with E-state index in [1.807, 2.05) is 0 Å². The molecule has 0 aromatic heterocycles. The molecule has 2 rings (SSSR count). The summed E-state index contributed by atoms with van der Waals surface area (Å²) < 4.78 is 17.0. The van der Waals surface area contributed by atoms with Crippen LogP contribution in [0.15, 0.2) is 0 Å². The molecule has 7 N–H and O–H groups in total. The molecule has 31 heavy (non-hydrogen) atoms. The van der Waals surface area contributed by atoms with Crippen molar-refractivity contribution < 1.29 is 49.0 Å². The first-order valence-corrected chi connectivity index (χ1v) is 9.89. The Balaban J connectivity index is 2.39. The second kappa shape index (κ2) is 10.6. The van der Waals surface area contributed by atoms with Crippen LogP contribution in [0.1, 0.15) is 27.7 Å². The molecule has 13 nitrogen and oxygen atoms in total. The summed E-state index contributed by atoms with van der Waals surface area (Å²) >= 11 is 0. The number of ether oxygens (including phenoxy) is 3. The van der Waals surface area contributed by atoms with Crippen molar-refractivity contribution in [1.82, 2.24) is 16.0 Å². The number of aliphatic hydroxyl groups is 4. The Morgan fingerprint density at radius 2 is 1.35 bits per heavy atom. The molecule has 10 atom stereocenters. The number of hydrogen-bond donors (Lipinski definition) is 7. The Hall–Kier alpha value is -1.87. The fourth-order valence-corrected chi connectivity index (χ4v) is 3.78. The molecule has 0 aromatic rings. The number of carbonyl (C=O) groups is 3. The smallest absolute Gasteiger partial charge is 0.217 e. The van der Waals surface area contributed by atoms with Gasteiger partial charge in [0.1, 0.15) is 36.5 Å². The topological polar surface area (TPSA) is 196 Å². The number of rotatable bonds is 6. The van der Waals surface area contributed by atoms with Crippen molar-refractivity contribution in [2.45, 2.75) is 88.9 Å². The molecular formula is C18H31N3O10. The molecule has 13 heteroatoms. The zero-order valence-corrected chi connectivity index (χ0v) is 17.7. The summed E-state index contributed by atoms with van der Waals surface area (Å²) in [7, 11) is 0. The van der Waals surface area contributed by atoms with Gasteiger partial charge in [0.2, 0.25) is 17.7 Å². The highest BCUT2D eigenvalue weighted by molar-refractivity contribution is 5.74. The zero-order valence-electron chi connectivity index (χ0n) is 17.7. The molecule has 0 unspecified atom stereocenters. The summed E-state index contributed by atoms with van der Waals surface area (Å²) in [5.41, 5.74) is 0. The third-order valence-electron chi connectivity index (χ3n) is 5.16. The third-order valence-corrected chi connectivity index (χ3v) is 5.16. The third kappa shape index (κ3) is 6.10. The van der Waals surface area contributed by atoms with Crippen LogP contribution in [0.3, 0.4) is 0 Å². The number of hydrogen-bond acceptors (Lipinski definition) is 10. The maximum Gasteiger partial charge on any atom is 0.217 e. The zero-order chi connectivity index (χ0) is 23.5.